The molecule has 5 saturated heterocycles. The molecule has 6 aliphatic rings. The second-order valence-corrected chi connectivity index (χ2v) is 17.9. The topological polar surface area (TPSA) is 117 Å². The number of rotatable bonds is 3. The van der Waals surface area contributed by atoms with Crippen molar-refractivity contribution in [3.05, 3.63) is 12.7 Å². The van der Waals surface area contributed by atoms with Gasteiger partial charge in [-0.1, -0.05) is 20.4 Å². The average Bonchev–Trinajstić information content (AvgIpc) is 3.04. The van der Waals surface area contributed by atoms with E-state index in [4.69, 9.17) is 0 Å². The summed E-state index contributed by atoms with van der Waals surface area (Å²) in [6.07, 6.45) is 0.645. The van der Waals surface area contributed by atoms with Crippen molar-refractivity contribution in [3.63, 3.8) is 0 Å². The van der Waals surface area contributed by atoms with E-state index in [-0.39, 0.29) is 72.5 Å². The van der Waals surface area contributed by atoms with Crippen LogP contribution in [0.4, 0.5) is 13.6 Å². The number of sulfonamides is 1. The summed E-state index contributed by atoms with van der Waals surface area (Å²) >= 11 is 0. The predicted octanol–water partition coefficient (Wildman–Crippen LogP) is 2.65. The number of piperidine rings is 2. The van der Waals surface area contributed by atoms with Gasteiger partial charge in [-0.15, -0.1) is 0 Å². The number of alkyl halides is 2. The van der Waals surface area contributed by atoms with E-state index >= 15 is 8.78 Å². The second kappa shape index (κ2) is 14.0. The molecule has 48 heavy (non-hydrogen) atoms. The summed E-state index contributed by atoms with van der Waals surface area (Å²) < 4.78 is 61.8. The Morgan fingerprint density at radius 3 is 2.48 bits per heavy atom. The van der Waals surface area contributed by atoms with Crippen LogP contribution in [0.5, 0.6) is 0 Å². The quantitative estimate of drug-likeness (QED) is 0.389. The van der Waals surface area contributed by atoms with Gasteiger partial charge in [0.05, 0.1) is 24.1 Å². The third-order valence-electron chi connectivity index (χ3n) is 12.6. The Labute approximate surface area is 285 Å². The van der Waals surface area contributed by atoms with Crippen LogP contribution < -0.4 is 16.0 Å². The van der Waals surface area contributed by atoms with Crippen molar-refractivity contribution in [1.29, 1.82) is 0 Å². The lowest BCUT2D eigenvalue weighted by Gasteiger charge is -2.60. The molecular formula is C34H57F2N7O4S. The molecule has 0 aromatic heterocycles. The Balaban J connectivity index is 1.43. The zero-order chi connectivity index (χ0) is 34.7. The second-order valence-electron chi connectivity index (χ2n) is 15.8. The molecular weight excluding hydrogens is 640 g/mol. The van der Waals surface area contributed by atoms with Crippen molar-refractivity contribution in [1.82, 2.24) is 35.0 Å². The summed E-state index contributed by atoms with van der Waals surface area (Å²) in [6, 6.07) is -2.44. The van der Waals surface area contributed by atoms with Gasteiger partial charge in [-0.2, -0.15) is 0 Å². The van der Waals surface area contributed by atoms with Gasteiger partial charge in [0, 0.05) is 62.2 Å². The number of carbonyl (C=O) groups excluding carboxylic acids is 2. The maximum absolute atomic E-state index is 16.9. The predicted molar refractivity (Wildman–Crippen MR) is 181 cm³/mol. The Kier molecular flexibility index (Phi) is 10.5. The van der Waals surface area contributed by atoms with E-state index in [1.54, 1.807) is 11.9 Å². The highest BCUT2D eigenvalue weighted by Gasteiger charge is 2.58. The van der Waals surface area contributed by atoms with Gasteiger partial charge < -0.3 is 20.4 Å². The Hall–Kier alpha value is -1.87. The number of nitrogens with one attached hydrogen (secondary N) is 3. The van der Waals surface area contributed by atoms with Crippen LogP contribution in [0.25, 0.3) is 0 Å². The molecule has 14 heteroatoms. The third kappa shape index (κ3) is 6.41. The van der Waals surface area contributed by atoms with Crippen molar-refractivity contribution in [2.45, 2.75) is 134 Å². The summed E-state index contributed by atoms with van der Waals surface area (Å²) in [5.41, 5.74) is 0. The normalized spacial score (nSPS) is 44.3. The molecule has 0 aromatic rings. The van der Waals surface area contributed by atoms with Gasteiger partial charge in [-0.25, -0.2) is 26.3 Å². The fraction of sp³-hybridized carbons (Fsp3) is 0.882. The molecule has 3 N–H and O–H groups in total. The van der Waals surface area contributed by atoms with E-state index in [9.17, 15) is 18.0 Å². The maximum Gasteiger partial charge on any atom is 0.320 e. The molecule has 11 nitrogen and oxygen atoms in total. The van der Waals surface area contributed by atoms with Crippen molar-refractivity contribution < 1.29 is 26.8 Å². The molecule has 272 valence electrons. The lowest BCUT2D eigenvalue weighted by Crippen LogP contribution is -2.80. The van der Waals surface area contributed by atoms with Crippen molar-refractivity contribution in [3.8, 4) is 0 Å². The van der Waals surface area contributed by atoms with Gasteiger partial charge in [0.25, 0.3) is 0 Å². The van der Waals surface area contributed by atoms with Crippen LogP contribution in [-0.4, -0.2) is 133 Å². The number of hydrogen-bond acceptors (Lipinski definition) is 7. The summed E-state index contributed by atoms with van der Waals surface area (Å²) in [5, 5.41) is 10.6. The Bertz CT molecular complexity index is 1320. The number of nitrogens with zero attached hydrogens (tertiary/aromatic N) is 4. The van der Waals surface area contributed by atoms with Gasteiger partial charge >= 0.3 is 6.03 Å². The van der Waals surface area contributed by atoms with Crippen LogP contribution >= 0.6 is 0 Å². The molecule has 1 saturated carbocycles. The molecule has 6 rings (SSSR count). The highest BCUT2D eigenvalue weighted by molar-refractivity contribution is 7.89. The summed E-state index contributed by atoms with van der Waals surface area (Å²) in [7, 11) is -2.17. The Morgan fingerprint density at radius 1 is 1.02 bits per heavy atom. The van der Waals surface area contributed by atoms with Crippen LogP contribution in [0, 0.1) is 23.7 Å². The SMILES string of the molecule is C=CC(=O)N1C[C@H](C)N(C2NC(=O)N3C4NC(C(F)CC42)C2C(F)CCCC2N(C)S(=O)(=O)CCCC2CCNC(C(C)C)C23)C[C@H]1C. The van der Waals surface area contributed by atoms with Crippen LogP contribution in [-0.2, 0) is 14.8 Å². The zero-order valence-electron chi connectivity index (χ0n) is 29.2. The molecule has 0 aromatic carbocycles. The van der Waals surface area contributed by atoms with Crippen molar-refractivity contribution >= 4 is 22.0 Å². The lowest BCUT2D eigenvalue weighted by molar-refractivity contribution is -0.136. The monoisotopic (exact) mass is 697 g/mol. The highest BCUT2D eigenvalue weighted by atomic mass is 32.2. The molecule has 5 heterocycles. The van der Waals surface area contributed by atoms with E-state index in [0.717, 1.165) is 13.0 Å². The summed E-state index contributed by atoms with van der Waals surface area (Å²) in [4.78, 5) is 33.2. The molecule has 0 spiro atoms. The van der Waals surface area contributed by atoms with Gasteiger partial charge in [0.15, 0.2) is 0 Å². The zero-order valence-corrected chi connectivity index (χ0v) is 30.0. The minimum absolute atomic E-state index is 0.0369. The van der Waals surface area contributed by atoms with E-state index < -0.39 is 52.7 Å². The van der Waals surface area contributed by atoms with Gasteiger partial charge in [-0.05, 0) is 83.2 Å². The number of piperazine rings is 1. The molecule has 6 fully saturated rings. The number of carbonyl (C=O) groups is 2. The first-order valence-electron chi connectivity index (χ1n) is 18.3. The fourth-order valence-electron chi connectivity index (χ4n) is 10.2. The number of hydrogen-bond donors (Lipinski definition) is 3. The van der Waals surface area contributed by atoms with E-state index in [2.05, 4.69) is 41.3 Å². The van der Waals surface area contributed by atoms with Crippen LogP contribution in [0.3, 0.4) is 0 Å². The maximum atomic E-state index is 16.9. The van der Waals surface area contributed by atoms with Gasteiger partial charge in [0.2, 0.25) is 15.9 Å². The average molecular weight is 698 g/mol. The lowest BCUT2D eigenvalue weighted by atomic mass is 9.71. The van der Waals surface area contributed by atoms with Crippen LogP contribution in [0.2, 0.25) is 0 Å². The standard InChI is InChI=1S/C34H57F2N7O4S/c1-7-27(44)41-17-21(5)42(18-20(41)4)32-23-16-25(36)30-28-24(35)11-8-12-26(28)40(6)48(46,47)15-9-10-22-13-14-37-29(19(2)3)31(22)43(33(23)38-30)34(45)39-32/h7,19-26,28-33,37-38H,1,8-18H2,2-6H3,(H,39,45)/t20-,21+,22?,23?,24?,25?,26?,28?,29?,30?,31?,32?,33?/m1/s1. The first-order chi connectivity index (χ1) is 22.7. The largest absolute Gasteiger partial charge is 0.334 e. The molecule has 11 unspecified atom stereocenters. The van der Waals surface area contributed by atoms with Gasteiger partial charge in [-0.3, -0.25) is 15.0 Å². The molecule has 0 radical (unpaired) electrons. The van der Waals surface area contributed by atoms with Crippen molar-refractivity contribution in [2.75, 3.05) is 32.4 Å². The number of urea groups is 1. The number of halogens is 2. The fourth-order valence-corrected chi connectivity index (χ4v) is 11.7. The first kappa shape index (κ1) is 35.9. The molecule has 5 aliphatic heterocycles. The minimum Gasteiger partial charge on any atom is -0.334 e. The first-order valence-corrected chi connectivity index (χ1v) is 19.9. The minimum atomic E-state index is -3.72. The molecule has 2 bridgehead atoms. The smallest absolute Gasteiger partial charge is 0.320 e. The number of fused-ring (bicyclic) bond motifs is 5. The third-order valence-corrected chi connectivity index (χ3v) is 14.6. The number of amides is 3. The Morgan fingerprint density at radius 2 is 1.77 bits per heavy atom. The van der Waals surface area contributed by atoms with E-state index in [0.29, 0.717) is 38.8 Å². The van der Waals surface area contributed by atoms with E-state index in [1.165, 1.54) is 10.4 Å². The molecule has 1 aliphatic carbocycles. The summed E-state index contributed by atoms with van der Waals surface area (Å²) in [5.74, 6) is -1.23. The summed E-state index contributed by atoms with van der Waals surface area (Å²) in [6.45, 7) is 13.6. The van der Waals surface area contributed by atoms with Gasteiger partial charge in [0.1, 0.15) is 12.3 Å². The van der Waals surface area contributed by atoms with Crippen LogP contribution in [0.15, 0.2) is 12.7 Å². The molecule has 13 atom stereocenters. The van der Waals surface area contributed by atoms with E-state index in [1.807, 2.05) is 18.7 Å². The van der Waals surface area contributed by atoms with Crippen LogP contribution in [0.1, 0.15) is 72.6 Å². The molecule has 3 amide bonds. The van der Waals surface area contributed by atoms with Crippen molar-refractivity contribution in [2.24, 2.45) is 23.7 Å². The highest BCUT2D eigenvalue weighted by Crippen LogP contribution is 2.44.